The highest BCUT2D eigenvalue weighted by Gasteiger charge is 2.37. The van der Waals surface area contributed by atoms with Crippen molar-refractivity contribution >= 4 is 53.2 Å². The minimum Gasteiger partial charge on any atom is -0.508 e. The smallest absolute Gasteiger partial charge is 0.305 e. The fourth-order valence-corrected chi connectivity index (χ4v) is 4.95. The number of carbonyl (C=O) groups is 9. The van der Waals surface area contributed by atoms with E-state index in [-0.39, 0.29) is 12.2 Å². The molecule has 0 aromatic heterocycles. The maximum absolute atomic E-state index is 14.0. The first-order valence-electron chi connectivity index (χ1n) is 17.7. The van der Waals surface area contributed by atoms with E-state index < -0.39 is 120 Å². The van der Waals surface area contributed by atoms with Crippen LogP contribution >= 0.6 is 0 Å². The van der Waals surface area contributed by atoms with Gasteiger partial charge in [0.05, 0.1) is 24.9 Å². The lowest BCUT2D eigenvalue weighted by Gasteiger charge is -2.30. The van der Waals surface area contributed by atoms with Gasteiger partial charge in [0.25, 0.3) is 0 Å². The van der Waals surface area contributed by atoms with Crippen molar-refractivity contribution in [3.63, 3.8) is 0 Å². The summed E-state index contributed by atoms with van der Waals surface area (Å²) in [5.74, 6) is -10.0. The molecule has 306 valence electrons. The number of carbonyl (C=O) groups excluding carboxylic acids is 8. The summed E-state index contributed by atoms with van der Waals surface area (Å²) in [6, 6.07) is -1.87. The number of benzene rings is 1. The van der Waals surface area contributed by atoms with Gasteiger partial charge < -0.3 is 59.3 Å². The molecule has 0 fully saturated rings. The van der Waals surface area contributed by atoms with Gasteiger partial charge in [-0.3, -0.25) is 43.2 Å². The Morgan fingerprint density at radius 1 is 0.655 bits per heavy atom. The molecule has 0 aliphatic heterocycles. The van der Waals surface area contributed by atoms with Crippen molar-refractivity contribution in [1.29, 1.82) is 0 Å². The molecule has 1 rings (SSSR count). The number of nitrogens with one attached hydrogen (secondary N) is 6. The first-order valence-corrected chi connectivity index (χ1v) is 17.7. The Labute approximate surface area is 318 Å². The molecular weight excluding hydrogens is 722 g/mol. The summed E-state index contributed by atoms with van der Waals surface area (Å²) in [5.41, 5.74) is 15.3. The molecule has 7 atom stereocenters. The van der Waals surface area contributed by atoms with Crippen LogP contribution in [0.25, 0.3) is 0 Å². The molecule has 20 heteroatoms. The molecule has 0 heterocycles. The summed E-state index contributed by atoms with van der Waals surface area (Å²) < 4.78 is 0. The van der Waals surface area contributed by atoms with Crippen LogP contribution in [0.4, 0.5) is 0 Å². The second kappa shape index (κ2) is 21.8. The zero-order chi connectivity index (χ0) is 42.2. The van der Waals surface area contributed by atoms with Crippen molar-refractivity contribution in [2.45, 2.75) is 109 Å². The number of carboxylic acids is 1. The monoisotopic (exact) mass is 777 g/mol. The summed E-state index contributed by atoms with van der Waals surface area (Å²) in [6.45, 7) is 8.96. The van der Waals surface area contributed by atoms with Gasteiger partial charge >= 0.3 is 5.97 Å². The number of hydrogen-bond acceptors (Lipinski definition) is 11. The third kappa shape index (κ3) is 16.4. The lowest BCUT2D eigenvalue weighted by molar-refractivity contribution is -0.142. The highest BCUT2D eigenvalue weighted by Crippen LogP contribution is 2.15. The topological polar surface area (TPSA) is 344 Å². The number of amides is 8. The van der Waals surface area contributed by atoms with E-state index in [1.54, 1.807) is 27.7 Å². The zero-order valence-electron chi connectivity index (χ0n) is 31.9. The summed E-state index contributed by atoms with van der Waals surface area (Å²) in [7, 11) is 0. The van der Waals surface area contributed by atoms with Gasteiger partial charge in [0.2, 0.25) is 47.3 Å². The Bertz CT molecular complexity index is 1560. The Hall–Kier alpha value is -5.79. The van der Waals surface area contributed by atoms with Crippen molar-refractivity contribution < 1.29 is 53.4 Å². The Morgan fingerprint density at radius 2 is 1.11 bits per heavy atom. The van der Waals surface area contributed by atoms with Crippen molar-refractivity contribution in [2.75, 3.05) is 6.54 Å². The fraction of sp³-hybridized carbons (Fsp3) is 0.571. The normalized spacial score (nSPS) is 15.0. The number of aliphatic carboxylic acids is 1. The van der Waals surface area contributed by atoms with E-state index in [0.29, 0.717) is 18.4 Å². The zero-order valence-corrected chi connectivity index (χ0v) is 31.9. The number of nitrogens with two attached hydrogens (primary N) is 3. The molecule has 0 unspecified atom stereocenters. The molecule has 0 spiro atoms. The van der Waals surface area contributed by atoms with Gasteiger partial charge in [-0.15, -0.1) is 0 Å². The molecule has 20 nitrogen and oxygen atoms in total. The van der Waals surface area contributed by atoms with Gasteiger partial charge in [0.1, 0.15) is 36.0 Å². The molecular formula is C35H55N9O11. The molecule has 14 N–H and O–H groups in total. The average molecular weight is 778 g/mol. The molecule has 1 aromatic carbocycles. The summed E-state index contributed by atoms with van der Waals surface area (Å²) in [4.78, 5) is 115. The van der Waals surface area contributed by atoms with Crippen molar-refractivity contribution in [2.24, 2.45) is 29.0 Å². The van der Waals surface area contributed by atoms with Crippen LogP contribution in [-0.2, 0) is 49.6 Å². The molecule has 0 bridgehead atoms. The summed E-state index contributed by atoms with van der Waals surface area (Å²) >= 11 is 0. The van der Waals surface area contributed by atoms with E-state index in [0.717, 1.165) is 0 Å². The van der Waals surface area contributed by atoms with Crippen molar-refractivity contribution in [1.82, 2.24) is 31.9 Å². The minimum absolute atomic E-state index is 0.0992. The maximum Gasteiger partial charge on any atom is 0.305 e. The number of rotatable bonds is 23. The molecule has 0 aliphatic rings. The fourth-order valence-electron chi connectivity index (χ4n) is 4.95. The standard InChI is InChI=1S/C35H55N9O11/c1-7-17(3)27(32(53)41-22(14-24(36)46)29(50)39-16-25(37)47)43-31(52)21(13-19-9-11-20(45)12-10-19)40-30(51)23(15-26(48)49)42-33(54)28(18(4)8-2)44-34(55)35(5,6)38/h9-12,17-18,21-23,27-28,45H,7-8,13-16,38H2,1-6H3,(H2,36,46)(H2,37,47)(H,39,50)(H,40,51)(H,41,53)(H,42,54)(H,43,52)(H,44,55)(H,48,49)/t17-,18-,21-,22-,23-,27-,28-/m0/s1. The van der Waals surface area contributed by atoms with Crippen molar-refractivity contribution in [3.05, 3.63) is 29.8 Å². The number of primary amides is 2. The SMILES string of the molecule is CC[C@H](C)[C@H](NC(=O)[C@H](Cc1ccc(O)cc1)NC(=O)[C@H](CC(=O)O)NC(=O)[C@@H](NC(=O)C(C)(C)N)[C@@H](C)CC)C(=O)N[C@@H](CC(N)=O)C(=O)NCC(N)=O. The number of phenols is 1. The first kappa shape index (κ1) is 47.2. The van der Waals surface area contributed by atoms with E-state index in [4.69, 9.17) is 17.2 Å². The second-order valence-electron chi connectivity index (χ2n) is 13.9. The number of hydrogen-bond donors (Lipinski definition) is 11. The second-order valence-corrected chi connectivity index (χ2v) is 13.9. The minimum atomic E-state index is -1.75. The van der Waals surface area contributed by atoms with Crippen LogP contribution in [-0.4, -0.2) is 106 Å². The Morgan fingerprint density at radius 3 is 1.55 bits per heavy atom. The first-order chi connectivity index (χ1) is 25.5. The van der Waals surface area contributed by atoms with Crippen LogP contribution in [0.5, 0.6) is 5.75 Å². The molecule has 55 heavy (non-hydrogen) atoms. The van der Waals surface area contributed by atoms with Crippen LogP contribution in [0.15, 0.2) is 24.3 Å². The van der Waals surface area contributed by atoms with Crippen LogP contribution in [0.2, 0.25) is 0 Å². The van der Waals surface area contributed by atoms with Gasteiger partial charge in [0.15, 0.2) is 0 Å². The highest BCUT2D eigenvalue weighted by molar-refractivity contribution is 5.99. The third-order valence-corrected chi connectivity index (χ3v) is 8.66. The number of phenolic OH excluding ortho intramolecular Hbond substituents is 1. The van der Waals surface area contributed by atoms with Crippen LogP contribution in [0, 0.1) is 11.8 Å². The molecule has 1 aromatic rings. The average Bonchev–Trinajstić information content (AvgIpc) is 3.09. The van der Waals surface area contributed by atoms with E-state index in [9.17, 15) is 53.4 Å². The van der Waals surface area contributed by atoms with E-state index in [2.05, 4.69) is 31.9 Å². The molecule has 0 saturated heterocycles. The van der Waals surface area contributed by atoms with Crippen LogP contribution in [0.3, 0.4) is 0 Å². The number of aromatic hydroxyl groups is 1. The van der Waals surface area contributed by atoms with Gasteiger partial charge in [-0.25, -0.2) is 0 Å². The van der Waals surface area contributed by atoms with Crippen molar-refractivity contribution in [3.8, 4) is 5.75 Å². The van der Waals surface area contributed by atoms with Gasteiger partial charge in [-0.2, -0.15) is 0 Å². The van der Waals surface area contributed by atoms with Gasteiger partial charge in [0, 0.05) is 6.42 Å². The quantitative estimate of drug-likeness (QED) is 0.0535. The third-order valence-electron chi connectivity index (χ3n) is 8.66. The number of carboxylic acid groups (broad SMARTS) is 1. The molecule has 0 saturated carbocycles. The van der Waals surface area contributed by atoms with E-state index in [1.165, 1.54) is 38.1 Å². The van der Waals surface area contributed by atoms with Gasteiger partial charge in [-0.1, -0.05) is 52.7 Å². The molecule has 0 radical (unpaired) electrons. The van der Waals surface area contributed by atoms with E-state index in [1.807, 2.05) is 0 Å². The lowest BCUT2D eigenvalue weighted by atomic mass is 9.95. The van der Waals surface area contributed by atoms with E-state index >= 15 is 0 Å². The van der Waals surface area contributed by atoms with Crippen LogP contribution < -0.4 is 49.1 Å². The summed E-state index contributed by atoms with van der Waals surface area (Å²) in [6.07, 6.45) is -1.13. The van der Waals surface area contributed by atoms with Gasteiger partial charge in [-0.05, 0) is 43.4 Å². The molecule has 0 aliphatic carbocycles. The largest absolute Gasteiger partial charge is 0.508 e. The Balaban J connectivity index is 3.50. The lowest BCUT2D eigenvalue weighted by Crippen LogP contribution is -2.62. The molecule has 8 amide bonds. The highest BCUT2D eigenvalue weighted by atomic mass is 16.4. The summed E-state index contributed by atoms with van der Waals surface area (Å²) in [5, 5.41) is 33.9. The predicted octanol–water partition coefficient (Wildman–Crippen LogP) is -2.86. The van der Waals surface area contributed by atoms with Crippen LogP contribution in [0.1, 0.15) is 72.8 Å². The maximum atomic E-state index is 14.0. The Kier molecular flexibility index (Phi) is 18.7. The predicted molar refractivity (Wildman–Crippen MR) is 197 cm³/mol.